The van der Waals surface area contributed by atoms with Gasteiger partial charge in [0, 0.05) is 10.5 Å². The third-order valence-electron chi connectivity index (χ3n) is 3.83. The van der Waals surface area contributed by atoms with Gasteiger partial charge < -0.3 is 15.8 Å². The third-order valence-corrected chi connectivity index (χ3v) is 4.32. The van der Waals surface area contributed by atoms with Gasteiger partial charge in [0.1, 0.15) is 5.75 Å². The van der Waals surface area contributed by atoms with Crippen molar-refractivity contribution in [3.63, 3.8) is 0 Å². The predicted molar refractivity (Wildman–Crippen MR) is 83.9 cm³/mol. The minimum atomic E-state index is -0.110. The highest BCUT2D eigenvalue weighted by Crippen LogP contribution is 2.30. The SMILES string of the molecule is COc1ccc(Br)cc1NC(=O)C1CCCCCC1N. The lowest BCUT2D eigenvalue weighted by Crippen LogP contribution is -2.37. The summed E-state index contributed by atoms with van der Waals surface area (Å²) in [5, 5.41) is 2.96. The van der Waals surface area contributed by atoms with Crippen LogP contribution in [0, 0.1) is 5.92 Å². The molecule has 2 rings (SSSR count). The second kappa shape index (κ2) is 7.09. The van der Waals surface area contributed by atoms with Gasteiger partial charge in [-0.2, -0.15) is 0 Å². The van der Waals surface area contributed by atoms with Crippen molar-refractivity contribution in [3.8, 4) is 5.75 Å². The second-order valence-corrected chi connectivity index (χ2v) is 6.16. The van der Waals surface area contributed by atoms with E-state index in [0.29, 0.717) is 11.4 Å². The number of benzene rings is 1. The van der Waals surface area contributed by atoms with Gasteiger partial charge in [-0.05, 0) is 31.0 Å². The van der Waals surface area contributed by atoms with Crippen LogP contribution in [0.25, 0.3) is 0 Å². The van der Waals surface area contributed by atoms with E-state index in [9.17, 15) is 4.79 Å². The van der Waals surface area contributed by atoms with Crippen LogP contribution in [0.3, 0.4) is 0 Å². The molecule has 4 nitrogen and oxygen atoms in total. The van der Waals surface area contributed by atoms with Gasteiger partial charge >= 0.3 is 0 Å². The molecule has 3 N–H and O–H groups in total. The Morgan fingerprint density at radius 1 is 1.35 bits per heavy atom. The zero-order valence-electron chi connectivity index (χ0n) is 11.7. The van der Waals surface area contributed by atoms with Gasteiger partial charge in [0.05, 0.1) is 18.7 Å². The maximum atomic E-state index is 12.4. The molecule has 0 radical (unpaired) electrons. The molecule has 0 heterocycles. The van der Waals surface area contributed by atoms with E-state index < -0.39 is 0 Å². The highest BCUT2D eigenvalue weighted by atomic mass is 79.9. The van der Waals surface area contributed by atoms with E-state index in [1.165, 1.54) is 0 Å². The molecule has 5 heteroatoms. The van der Waals surface area contributed by atoms with Gasteiger partial charge in [0.25, 0.3) is 0 Å². The molecule has 0 aliphatic heterocycles. The Morgan fingerprint density at radius 3 is 2.85 bits per heavy atom. The van der Waals surface area contributed by atoms with Gasteiger partial charge in [-0.15, -0.1) is 0 Å². The Morgan fingerprint density at radius 2 is 2.10 bits per heavy atom. The first-order valence-corrected chi connectivity index (χ1v) is 7.81. The van der Waals surface area contributed by atoms with Crippen molar-refractivity contribution < 1.29 is 9.53 Å². The van der Waals surface area contributed by atoms with E-state index in [1.807, 2.05) is 18.2 Å². The van der Waals surface area contributed by atoms with E-state index in [1.54, 1.807) is 7.11 Å². The van der Waals surface area contributed by atoms with E-state index in [-0.39, 0.29) is 17.9 Å². The van der Waals surface area contributed by atoms with Crippen LogP contribution in [-0.4, -0.2) is 19.1 Å². The van der Waals surface area contributed by atoms with Crippen molar-refractivity contribution >= 4 is 27.5 Å². The number of carbonyl (C=O) groups is 1. The molecule has 20 heavy (non-hydrogen) atoms. The van der Waals surface area contributed by atoms with Crippen LogP contribution < -0.4 is 15.8 Å². The summed E-state index contributed by atoms with van der Waals surface area (Å²) in [5.41, 5.74) is 6.82. The minimum absolute atomic E-state index is 0.00389. The van der Waals surface area contributed by atoms with Gasteiger partial charge in [-0.25, -0.2) is 0 Å². The Bertz CT molecular complexity index is 479. The summed E-state index contributed by atoms with van der Waals surface area (Å²) in [7, 11) is 1.59. The lowest BCUT2D eigenvalue weighted by Gasteiger charge is -2.21. The molecule has 0 bridgehead atoms. The summed E-state index contributed by atoms with van der Waals surface area (Å²) >= 11 is 3.40. The van der Waals surface area contributed by atoms with Crippen LogP contribution in [-0.2, 0) is 4.79 Å². The van der Waals surface area contributed by atoms with Gasteiger partial charge in [0.15, 0.2) is 0 Å². The van der Waals surface area contributed by atoms with Crippen LogP contribution in [0.1, 0.15) is 32.1 Å². The van der Waals surface area contributed by atoms with Crippen molar-refractivity contribution in [3.05, 3.63) is 22.7 Å². The van der Waals surface area contributed by atoms with Crippen LogP contribution in [0.15, 0.2) is 22.7 Å². The Balaban J connectivity index is 2.12. The lowest BCUT2D eigenvalue weighted by atomic mass is 9.94. The number of anilines is 1. The van der Waals surface area contributed by atoms with Gasteiger partial charge in [0.2, 0.25) is 5.91 Å². The first-order chi connectivity index (χ1) is 9.61. The fraction of sp³-hybridized carbons (Fsp3) is 0.533. The average molecular weight is 341 g/mol. The first kappa shape index (κ1) is 15.3. The number of methoxy groups -OCH3 is 1. The summed E-state index contributed by atoms with van der Waals surface area (Å²) in [6.45, 7) is 0. The molecule has 0 spiro atoms. The molecule has 1 aromatic rings. The van der Waals surface area contributed by atoms with Crippen LogP contribution >= 0.6 is 15.9 Å². The number of amides is 1. The van der Waals surface area contributed by atoms with Crippen molar-refractivity contribution in [2.24, 2.45) is 11.7 Å². The topological polar surface area (TPSA) is 64.3 Å². The Kier molecular flexibility index (Phi) is 5.43. The van der Waals surface area contributed by atoms with Gasteiger partial charge in [-0.3, -0.25) is 4.79 Å². The standard InChI is InChI=1S/C15H21BrN2O2/c1-20-14-8-7-10(16)9-13(14)18-15(19)11-5-3-2-4-6-12(11)17/h7-9,11-12H,2-6,17H2,1H3,(H,18,19). The molecule has 0 aromatic heterocycles. The maximum absolute atomic E-state index is 12.4. The molecule has 1 saturated carbocycles. The lowest BCUT2D eigenvalue weighted by molar-refractivity contribution is -0.120. The molecular weight excluding hydrogens is 320 g/mol. The number of carbonyl (C=O) groups excluding carboxylic acids is 1. The number of hydrogen-bond acceptors (Lipinski definition) is 3. The van der Waals surface area contributed by atoms with E-state index in [2.05, 4.69) is 21.2 Å². The molecule has 1 fully saturated rings. The summed E-state index contributed by atoms with van der Waals surface area (Å²) < 4.78 is 6.17. The number of nitrogens with one attached hydrogen (secondary N) is 1. The highest BCUT2D eigenvalue weighted by Gasteiger charge is 2.27. The monoisotopic (exact) mass is 340 g/mol. The van der Waals surface area contributed by atoms with E-state index >= 15 is 0 Å². The first-order valence-electron chi connectivity index (χ1n) is 7.02. The van der Waals surface area contributed by atoms with Crippen LogP contribution in [0.2, 0.25) is 0 Å². The molecule has 0 saturated heterocycles. The molecule has 110 valence electrons. The second-order valence-electron chi connectivity index (χ2n) is 5.24. The summed E-state index contributed by atoms with van der Waals surface area (Å²) in [6.07, 6.45) is 5.14. The Hall–Kier alpha value is -1.07. The molecule has 1 aliphatic rings. The molecule has 1 aromatic carbocycles. The van der Waals surface area contributed by atoms with Crippen molar-refractivity contribution in [2.75, 3.05) is 12.4 Å². The summed E-state index contributed by atoms with van der Waals surface area (Å²) in [6, 6.07) is 5.51. The Labute approximate surface area is 128 Å². The largest absolute Gasteiger partial charge is 0.495 e. The number of nitrogens with two attached hydrogens (primary N) is 1. The number of hydrogen-bond donors (Lipinski definition) is 2. The van der Waals surface area contributed by atoms with Crippen molar-refractivity contribution in [2.45, 2.75) is 38.1 Å². The highest BCUT2D eigenvalue weighted by molar-refractivity contribution is 9.10. The number of halogens is 1. The van der Waals surface area contributed by atoms with Crippen LogP contribution in [0.4, 0.5) is 5.69 Å². The molecule has 2 atom stereocenters. The minimum Gasteiger partial charge on any atom is -0.495 e. The fourth-order valence-electron chi connectivity index (χ4n) is 2.67. The molecular formula is C15H21BrN2O2. The smallest absolute Gasteiger partial charge is 0.229 e. The molecule has 1 amide bonds. The zero-order chi connectivity index (χ0) is 14.5. The maximum Gasteiger partial charge on any atom is 0.229 e. The normalized spacial score (nSPS) is 22.9. The summed E-state index contributed by atoms with van der Waals surface area (Å²) in [5.74, 6) is 0.542. The van der Waals surface area contributed by atoms with E-state index in [4.69, 9.17) is 10.5 Å². The summed E-state index contributed by atoms with van der Waals surface area (Å²) in [4.78, 5) is 12.4. The number of rotatable bonds is 3. The van der Waals surface area contributed by atoms with Crippen molar-refractivity contribution in [1.29, 1.82) is 0 Å². The predicted octanol–water partition coefficient (Wildman–Crippen LogP) is 3.30. The average Bonchev–Trinajstić information content (AvgIpc) is 2.63. The zero-order valence-corrected chi connectivity index (χ0v) is 13.3. The fourth-order valence-corrected chi connectivity index (χ4v) is 3.03. The van der Waals surface area contributed by atoms with Crippen molar-refractivity contribution in [1.82, 2.24) is 0 Å². The third kappa shape index (κ3) is 3.73. The molecule has 1 aliphatic carbocycles. The van der Waals surface area contributed by atoms with Gasteiger partial charge in [-0.1, -0.05) is 35.2 Å². The quantitative estimate of drug-likeness (QED) is 0.829. The molecule has 2 unspecified atom stereocenters. The van der Waals surface area contributed by atoms with Crippen LogP contribution in [0.5, 0.6) is 5.75 Å². The van der Waals surface area contributed by atoms with E-state index in [0.717, 1.165) is 36.6 Å². The number of ether oxygens (including phenoxy) is 1.